The molecule has 6 heteroatoms. The van der Waals surface area contributed by atoms with Crippen LogP contribution in [-0.2, 0) is 9.59 Å². The summed E-state index contributed by atoms with van der Waals surface area (Å²) in [4.78, 5) is 23.0. The number of nitrogens with one attached hydrogen (secondary N) is 2. The van der Waals surface area contributed by atoms with Gasteiger partial charge in [0.2, 0.25) is 11.8 Å². The number of halogens is 2. The predicted octanol–water partition coefficient (Wildman–Crippen LogP) is 2.63. The topological polar surface area (TPSA) is 58.2 Å². The van der Waals surface area contributed by atoms with Crippen molar-refractivity contribution >= 4 is 45.0 Å². The molecule has 1 aliphatic rings. The number of carbonyl (C=O) groups excluding carboxylic acids is 2. The Balaban J connectivity index is 2.12. The van der Waals surface area contributed by atoms with Crippen molar-refractivity contribution in [1.82, 2.24) is 5.32 Å². The van der Waals surface area contributed by atoms with E-state index in [0.717, 1.165) is 10.0 Å². The van der Waals surface area contributed by atoms with Gasteiger partial charge in [-0.1, -0.05) is 11.6 Å². The number of carbonyl (C=O) groups is 2. The molecule has 2 N–H and O–H groups in total. The lowest BCUT2D eigenvalue weighted by atomic mass is 10.2. The number of hydrogen-bond acceptors (Lipinski definition) is 2. The van der Waals surface area contributed by atoms with Gasteiger partial charge in [-0.2, -0.15) is 0 Å². The highest BCUT2D eigenvalue weighted by molar-refractivity contribution is 9.10. The summed E-state index contributed by atoms with van der Waals surface area (Å²) < 4.78 is 0.766. The van der Waals surface area contributed by atoms with Gasteiger partial charge >= 0.3 is 0 Å². The molecule has 0 bridgehead atoms. The van der Waals surface area contributed by atoms with Gasteiger partial charge in [0.25, 0.3) is 0 Å². The van der Waals surface area contributed by atoms with Crippen LogP contribution in [-0.4, -0.2) is 17.9 Å². The van der Waals surface area contributed by atoms with E-state index < -0.39 is 6.04 Å². The second-order valence-corrected chi connectivity index (χ2v) is 5.49. The SMILES string of the molecule is Cc1cc(Br)c(NC(=O)[C@@H]2CCC(=O)N2)cc1Cl. The lowest BCUT2D eigenvalue weighted by Gasteiger charge is -2.13. The Hall–Kier alpha value is -1.07. The molecule has 0 aliphatic carbocycles. The molecule has 1 aliphatic heterocycles. The van der Waals surface area contributed by atoms with Crippen molar-refractivity contribution in [3.8, 4) is 0 Å². The number of aryl methyl sites for hydroxylation is 1. The molecular formula is C12H12BrClN2O2. The maximum absolute atomic E-state index is 11.9. The van der Waals surface area contributed by atoms with Gasteiger partial charge in [0.05, 0.1) is 5.69 Å². The molecule has 1 aromatic carbocycles. The minimum Gasteiger partial charge on any atom is -0.344 e. The summed E-state index contributed by atoms with van der Waals surface area (Å²) >= 11 is 9.38. The predicted molar refractivity (Wildman–Crippen MR) is 73.7 cm³/mol. The minimum atomic E-state index is -0.454. The van der Waals surface area contributed by atoms with Crippen molar-refractivity contribution in [2.24, 2.45) is 0 Å². The smallest absolute Gasteiger partial charge is 0.246 e. The van der Waals surface area contributed by atoms with E-state index in [4.69, 9.17) is 11.6 Å². The highest BCUT2D eigenvalue weighted by Crippen LogP contribution is 2.29. The van der Waals surface area contributed by atoms with E-state index in [1.165, 1.54) is 0 Å². The second kappa shape index (κ2) is 5.28. The van der Waals surface area contributed by atoms with E-state index >= 15 is 0 Å². The first-order valence-electron chi connectivity index (χ1n) is 5.53. The summed E-state index contributed by atoms with van der Waals surface area (Å²) in [6, 6.07) is 3.07. The monoisotopic (exact) mass is 330 g/mol. The van der Waals surface area contributed by atoms with E-state index in [2.05, 4.69) is 26.6 Å². The van der Waals surface area contributed by atoms with Crippen molar-refractivity contribution in [3.05, 3.63) is 27.2 Å². The maximum atomic E-state index is 11.9. The van der Waals surface area contributed by atoms with Crippen LogP contribution in [0, 0.1) is 6.92 Å². The van der Waals surface area contributed by atoms with Gasteiger partial charge < -0.3 is 10.6 Å². The fourth-order valence-electron chi connectivity index (χ4n) is 1.77. The van der Waals surface area contributed by atoms with Crippen molar-refractivity contribution in [3.63, 3.8) is 0 Å². The number of amides is 2. The number of rotatable bonds is 2. The van der Waals surface area contributed by atoms with Gasteiger partial charge in [0.15, 0.2) is 0 Å². The Labute approximate surface area is 118 Å². The summed E-state index contributed by atoms with van der Waals surface area (Å²) in [5, 5.41) is 5.96. The molecule has 4 nitrogen and oxygen atoms in total. The number of anilines is 1. The van der Waals surface area contributed by atoms with Crippen LogP contribution in [0.15, 0.2) is 16.6 Å². The fraction of sp³-hybridized carbons (Fsp3) is 0.333. The Morgan fingerprint density at radius 2 is 2.28 bits per heavy atom. The van der Waals surface area contributed by atoms with Gasteiger partial charge in [0.1, 0.15) is 6.04 Å². The first-order chi connectivity index (χ1) is 8.47. The van der Waals surface area contributed by atoms with Crippen LogP contribution in [0.3, 0.4) is 0 Å². The molecule has 1 aromatic rings. The molecule has 2 amide bonds. The van der Waals surface area contributed by atoms with Crippen LogP contribution in [0.5, 0.6) is 0 Å². The summed E-state index contributed by atoms with van der Waals surface area (Å²) in [7, 11) is 0. The molecule has 96 valence electrons. The Bertz CT molecular complexity index is 519. The van der Waals surface area contributed by atoms with E-state index in [0.29, 0.717) is 23.6 Å². The molecule has 1 fully saturated rings. The highest BCUT2D eigenvalue weighted by atomic mass is 79.9. The molecule has 0 spiro atoms. The van der Waals surface area contributed by atoms with Gasteiger partial charge in [-0.3, -0.25) is 9.59 Å². The lowest BCUT2D eigenvalue weighted by Crippen LogP contribution is -2.37. The molecule has 1 heterocycles. The van der Waals surface area contributed by atoms with Crippen LogP contribution < -0.4 is 10.6 Å². The zero-order valence-electron chi connectivity index (χ0n) is 9.72. The van der Waals surface area contributed by atoms with Crippen LogP contribution in [0.1, 0.15) is 18.4 Å². The van der Waals surface area contributed by atoms with E-state index in [1.807, 2.05) is 13.0 Å². The third-order valence-corrected chi connectivity index (χ3v) is 3.88. The molecule has 1 saturated heterocycles. The van der Waals surface area contributed by atoms with Gasteiger partial charge in [-0.05, 0) is 47.0 Å². The largest absolute Gasteiger partial charge is 0.344 e. The summed E-state index contributed by atoms with van der Waals surface area (Å²) in [5.74, 6) is -0.308. The van der Waals surface area contributed by atoms with Crippen LogP contribution in [0.2, 0.25) is 5.02 Å². The highest BCUT2D eigenvalue weighted by Gasteiger charge is 2.27. The molecule has 18 heavy (non-hydrogen) atoms. The zero-order chi connectivity index (χ0) is 13.3. The Morgan fingerprint density at radius 1 is 1.56 bits per heavy atom. The van der Waals surface area contributed by atoms with Crippen LogP contribution in [0.4, 0.5) is 5.69 Å². The van der Waals surface area contributed by atoms with Gasteiger partial charge in [-0.25, -0.2) is 0 Å². The van der Waals surface area contributed by atoms with E-state index in [1.54, 1.807) is 6.07 Å². The van der Waals surface area contributed by atoms with Crippen molar-refractivity contribution in [2.75, 3.05) is 5.32 Å². The second-order valence-electron chi connectivity index (χ2n) is 4.23. The molecular weight excluding hydrogens is 320 g/mol. The average molecular weight is 332 g/mol. The zero-order valence-corrected chi connectivity index (χ0v) is 12.1. The maximum Gasteiger partial charge on any atom is 0.246 e. The minimum absolute atomic E-state index is 0.0869. The summed E-state index contributed by atoms with van der Waals surface area (Å²) in [6.07, 6.45) is 0.926. The Morgan fingerprint density at radius 3 is 2.89 bits per heavy atom. The number of benzene rings is 1. The molecule has 0 radical (unpaired) electrons. The normalized spacial score (nSPS) is 18.6. The summed E-state index contributed by atoms with van der Waals surface area (Å²) in [6.45, 7) is 1.88. The molecule has 2 rings (SSSR count). The standard InChI is InChI=1S/C12H12BrClN2O2/c1-6-4-7(13)10(5-8(6)14)16-12(18)9-2-3-11(17)15-9/h4-5,9H,2-3H2,1H3,(H,15,17)(H,16,18)/t9-/m0/s1. The Kier molecular flexibility index (Phi) is 3.92. The van der Waals surface area contributed by atoms with Crippen LogP contribution >= 0.6 is 27.5 Å². The third kappa shape index (κ3) is 2.84. The first-order valence-corrected chi connectivity index (χ1v) is 6.70. The van der Waals surface area contributed by atoms with E-state index in [-0.39, 0.29) is 11.8 Å². The molecule has 0 unspecified atom stereocenters. The third-order valence-electron chi connectivity index (χ3n) is 2.82. The molecule has 0 aromatic heterocycles. The first kappa shape index (κ1) is 13.4. The summed E-state index contributed by atoms with van der Waals surface area (Å²) in [5.41, 5.74) is 1.53. The van der Waals surface area contributed by atoms with E-state index in [9.17, 15) is 9.59 Å². The molecule has 0 saturated carbocycles. The number of hydrogen-bond donors (Lipinski definition) is 2. The lowest BCUT2D eigenvalue weighted by molar-refractivity contribution is -0.122. The molecule has 1 atom stereocenters. The van der Waals surface area contributed by atoms with Crippen molar-refractivity contribution < 1.29 is 9.59 Å². The van der Waals surface area contributed by atoms with Crippen molar-refractivity contribution in [1.29, 1.82) is 0 Å². The van der Waals surface area contributed by atoms with Crippen molar-refractivity contribution in [2.45, 2.75) is 25.8 Å². The van der Waals surface area contributed by atoms with Gasteiger partial charge in [-0.15, -0.1) is 0 Å². The van der Waals surface area contributed by atoms with Crippen LogP contribution in [0.25, 0.3) is 0 Å². The fourth-order valence-corrected chi connectivity index (χ4v) is 2.49. The van der Waals surface area contributed by atoms with Gasteiger partial charge in [0, 0.05) is 15.9 Å². The quantitative estimate of drug-likeness (QED) is 0.875. The average Bonchev–Trinajstić information content (AvgIpc) is 2.73.